The number of hydrogen-bond donors (Lipinski definition) is 2. The van der Waals surface area contributed by atoms with E-state index in [1.54, 1.807) is 6.26 Å². The Bertz CT molecular complexity index is 346. The monoisotopic (exact) mass is 218 g/mol. The fourth-order valence-corrected chi connectivity index (χ4v) is 1.21. The summed E-state index contributed by atoms with van der Waals surface area (Å²) in [4.78, 5) is 7.13. The fourth-order valence-electron chi connectivity index (χ4n) is 0.818. The standard InChI is InChI=1S/C7H11FN4OS/c1-14(13)3-2-10-6-5(8)4-11-7(9)12-6/h4H,2-3H2,1H3,(H3,9,10,11,12). The molecule has 0 amide bonds. The second kappa shape index (κ2) is 4.85. The number of halogens is 1. The molecule has 14 heavy (non-hydrogen) atoms. The zero-order valence-corrected chi connectivity index (χ0v) is 8.47. The van der Waals surface area contributed by atoms with Crippen LogP contribution in [-0.4, -0.2) is 32.7 Å². The summed E-state index contributed by atoms with van der Waals surface area (Å²) in [5.41, 5.74) is 5.27. The number of nitrogens with one attached hydrogen (secondary N) is 1. The normalized spacial score (nSPS) is 12.4. The Kier molecular flexibility index (Phi) is 3.75. The SMILES string of the molecule is CS(=O)CCNc1nc(N)ncc1F. The topological polar surface area (TPSA) is 80.9 Å². The molecular weight excluding hydrogens is 207 g/mol. The van der Waals surface area contributed by atoms with Gasteiger partial charge in [0, 0.05) is 29.4 Å². The lowest BCUT2D eigenvalue weighted by Gasteiger charge is -2.04. The zero-order chi connectivity index (χ0) is 10.6. The Hall–Kier alpha value is -1.24. The first-order chi connectivity index (χ1) is 6.59. The maximum atomic E-state index is 13.0. The number of aromatic nitrogens is 2. The molecule has 0 aromatic carbocycles. The zero-order valence-electron chi connectivity index (χ0n) is 7.66. The maximum Gasteiger partial charge on any atom is 0.222 e. The Morgan fingerprint density at radius 2 is 2.43 bits per heavy atom. The number of hydrogen-bond acceptors (Lipinski definition) is 5. The van der Waals surface area contributed by atoms with E-state index in [4.69, 9.17) is 5.73 Å². The molecule has 5 nitrogen and oxygen atoms in total. The molecule has 0 saturated heterocycles. The molecule has 1 aromatic heterocycles. The van der Waals surface area contributed by atoms with Crippen LogP contribution in [0.5, 0.6) is 0 Å². The molecule has 0 bridgehead atoms. The molecule has 1 heterocycles. The number of nitrogen functional groups attached to an aromatic ring is 1. The van der Waals surface area contributed by atoms with Gasteiger partial charge in [-0.05, 0) is 0 Å². The highest BCUT2D eigenvalue weighted by Crippen LogP contribution is 2.09. The molecule has 3 N–H and O–H groups in total. The first-order valence-electron chi connectivity index (χ1n) is 3.91. The minimum absolute atomic E-state index is 0.00604. The van der Waals surface area contributed by atoms with Gasteiger partial charge in [-0.3, -0.25) is 4.21 Å². The van der Waals surface area contributed by atoms with Crippen LogP contribution in [0.1, 0.15) is 0 Å². The fraction of sp³-hybridized carbons (Fsp3) is 0.429. The molecule has 0 aliphatic heterocycles. The third-order valence-corrected chi connectivity index (χ3v) is 2.22. The van der Waals surface area contributed by atoms with Crippen molar-refractivity contribution in [2.75, 3.05) is 29.6 Å². The summed E-state index contributed by atoms with van der Waals surface area (Å²) in [5, 5.41) is 2.69. The second-order valence-corrected chi connectivity index (χ2v) is 4.18. The van der Waals surface area contributed by atoms with Gasteiger partial charge in [0.15, 0.2) is 11.6 Å². The predicted octanol–water partition coefficient (Wildman–Crippen LogP) is -0.0117. The summed E-state index contributed by atoms with van der Waals surface area (Å²) >= 11 is 0. The largest absolute Gasteiger partial charge is 0.368 e. The summed E-state index contributed by atoms with van der Waals surface area (Å²) in [6.45, 7) is 0.385. The van der Waals surface area contributed by atoms with E-state index >= 15 is 0 Å². The Labute approximate surface area is 83.4 Å². The smallest absolute Gasteiger partial charge is 0.222 e. The number of rotatable bonds is 4. The molecule has 0 fully saturated rings. The minimum atomic E-state index is -0.911. The van der Waals surface area contributed by atoms with Crippen molar-refractivity contribution in [3.63, 3.8) is 0 Å². The lowest BCUT2D eigenvalue weighted by Crippen LogP contribution is -2.13. The molecule has 0 aliphatic rings. The van der Waals surface area contributed by atoms with E-state index in [0.717, 1.165) is 6.20 Å². The van der Waals surface area contributed by atoms with E-state index in [0.29, 0.717) is 12.3 Å². The highest BCUT2D eigenvalue weighted by molar-refractivity contribution is 7.84. The summed E-state index contributed by atoms with van der Waals surface area (Å²) in [6, 6.07) is 0. The van der Waals surface area contributed by atoms with Gasteiger partial charge < -0.3 is 11.1 Å². The predicted molar refractivity (Wildman–Crippen MR) is 53.8 cm³/mol. The van der Waals surface area contributed by atoms with Crippen molar-refractivity contribution >= 4 is 22.6 Å². The van der Waals surface area contributed by atoms with Gasteiger partial charge in [-0.25, -0.2) is 9.37 Å². The molecule has 0 aliphatic carbocycles. The molecule has 78 valence electrons. The van der Waals surface area contributed by atoms with Crippen molar-refractivity contribution in [1.29, 1.82) is 0 Å². The van der Waals surface area contributed by atoms with Crippen molar-refractivity contribution in [2.45, 2.75) is 0 Å². The molecule has 7 heteroatoms. The molecule has 1 unspecified atom stereocenters. The number of nitrogens with two attached hydrogens (primary N) is 1. The number of nitrogens with zero attached hydrogens (tertiary/aromatic N) is 2. The summed E-state index contributed by atoms with van der Waals surface area (Å²) < 4.78 is 23.7. The summed E-state index contributed by atoms with van der Waals surface area (Å²) in [5.74, 6) is -0.0841. The highest BCUT2D eigenvalue weighted by Gasteiger charge is 2.04. The van der Waals surface area contributed by atoms with Gasteiger partial charge in [0.2, 0.25) is 5.95 Å². The average molecular weight is 218 g/mol. The van der Waals surface area contributed by atoms with Crippen molar-refractivity contribution in [1.82, 2.24) is 9.97 Å². The first-order valence-corrected chi connectivity index (χ1v) is 5.64. The van der Waals surface area contributed by atoms with Crippen LogP contribution in [0, 0.1) is 5.82 Å². The van der Waals surface area contributed by atoms with E-state index in [-0.39, 0.29) is 11.8 Å². The van der Waals surface area contributed by atoms with Gasteiger partial charge in [0.1, 0.15) is 0 Å². The van der Waals surface area contributed by atoms with Crippen LogP contribution >= 0.6 is 0 Å². The second-order valence-electron chi connectivity index (χ2n) is 2.63. The maximum absolute atomic E-state index is 13.0. The van der Waals surface area contributed by atoms with Crippen LogP contribution in [0.2, 0.25) is 0 Å². The molecule has 1 rings (SSSR count). The van der Waals surface area contributed by atoms with Gasteiger partial charge in [-0.1, -0.05) is 0 Å². The van der Waals surface area contributed by atoms with Crippen LogP contribution in [0.25, 0.3) is 0 Å². The highest BCUT2D eigenvalue weighted by atomic mass is 32.2. The van der Waals surface area contributed by atoms with Crippen LogP contribution in [0.4, 0.5) is 16.2 Å². The van der Waals surface area contributed by atoms with Crippen molar-refractivity contribution in [2.24, 2.45) is 0 Å². The van der Waals surface area contributed by atoms with Crippen LogP contribution in [0.3, 0.4) is 0 Å². The molecule has 1 aromatic rings. The average Bonchev–Trinajstić information content (AvgIpc) is 2.10. The number of anilines is 2. The first kappa shape index (κ1) is 10.8. The summed E-state index contributed by atoms with van der Waals surface area (Å²) in [6.07, 6.45) is 2.57. The van der Waals surface area contributed by atoms with Crippen LogP contribution in [-0.2, 0) is 10.8 Å². The Balaban J connectivity index is 2.57. The van der Waals surface area contributed by atoms with Crippen molar-refractivity contribution in [3.8, 4) is 0 Å². The third kappa shape index (κ3) is 3.25. The summed E-state index contributed by atoms with van der Waals surface area (Å²) in [7, 11) is -0.911. The molecule has 0 saturated carbocycles. The minimum Gasteiger partial charge on any atom is -0.368 e. The lowest BCUT2D eigenvalue weighted by atomic mass is 10.5. The molecular formula is C7H11FN4OS. The van der Waals surface area contributed by atoms with Gasteiger partial charge in [-0.2, -0.15) is 4.98 Å². The van der Waals surface area contributed by atoms with E-state index in [1.807, 2.05) is 0 Å². The van der Waals surface area contributed by atoms with Gasteiger partial charge in [0.25, 0.3) is 0 Å². The van der Waals surface area contributed by atoms with Gasteiger partial charge in [0.05, 0.1) is 6.20 Å². The van der Waals surface area contributed by atoms with Gasteiger partial charge in [-0.15, -0.1) is 0 Å². The van der Waals surface area contributed by atoms with Crippen molar-refractivity contribution < 1.29 is 8.60 Å². The van der Waals surface area contributed by atoms with E-state index in [9.17, 15) is 8.60 Å². The van der Waals surface area contributed by atoms with Gasteiger partial charge >= 0.3 is 0 Å². The molecule has 1 atom stereocenters. The van der Waals surface area contributed by atoms with Crippen LogP contribution in [0.15, 0.2) is 6.20 Å². The van der Waals surface area contributed by atoms with Crippen molar-refractivity contribution in [3.05, 3.63) is 12.0 Å². The Morgan fingerprint density at radius 1 is 1.71 bits per heavy atom. The van der Waals surface area contributed by atoms with Crippen LogP contribution < -0.4 is 11.1 Å². The molecule has 0 spiro atoms. The van der Waals surface area contributed by atoms with E-state index < -0.39 is 16.6 Å². The Morgan fingerprint density at radius 3 is 3.07 bits per heavy atom. The van der Waals surface area contributed by atoms with E-state index in [1.165, 1.54) is 0 Å². The van der Waals surface area contributed by atoms with E-state index in [2.05, 4.69) is 15.3 Å². The third-order valence-electron chi connectivity index (χ3n) is 1.44. The molecule has 0 radical (unpaired) electrons. The quantitative estimate of drug-likeness (QED) is 0.742. The lowest BCUT2D eigenvalue weighted by molar-refractivity contribution is 0.618.